The van der Waals surface area contributed by atoms with Gasteiger partial charge in [-0.15, -0.1) is 0 Å². The summed E-state index contributed by atoms with van der Waals surface area (Å²) in [7, 11) is -2.12. The minimum atomic E-state index is -3.71. The summed E-state index contributed by atoms with van der Waals surface area (Å²) >= 11 is 0. The van der Waals surface area contributed by atoms with Crippen molar-refractivity contribution in [1.82, 2.24) is 9.88 Å². The molecule has 0 unspecified atom stereocenters. The van der Waals surface area contributed by atoms with E-state index in [4.69, 9.17) is 4.74 Å². The molecule has 0 atom stereocenters. The molecule has 0 saturated carbocycles. The van der Waals surface area contributed by atoms with Gasteiger partial charge in [-0.1, -0.05) is 30.3 Å². The number of piperidine rings is 1. The van der Waals surface area contributed by atoms with E-state index in [-0.39, 0.29) is 6.04 Å². The summed E-state index contributed by atoms with van der Waals surface area (Å²) in [5.41, 5.74) is 1.80. The summed E-state index contributed by atoms with van der Waals surface area (Å²) in [6.07, 6.45) is 5.16. The average molecular weight is 438 g/mol. The molecule has 0 bridgehead atoms. The molecule has 0 radical (unpaired) electrons. The number of ether oxygens (including phenoxy) is 1. The van der Waals surface area contributed by atoms with Gasteiger partial charge in [0.15, 0.2) is 0 Å². The Morgan fingerprint density at radius 1 is 1.03 bits per heavy atom. The summed E-state index contributed by atoms with van der Waals surface area (Å²) < 4.78 is 34.3. The first-order valence-corrected chi connectivity index (χ1v) is 11.9. The number of sulfonamides is 1. The molecule has 1 aliphatic rings. The van der Waals surface area contributed by atoms with E-state index in [9.17, 15) is 8.42 Å². The highest BCUT2D eigenvalue weighted by Gasteiger charge is 2.34. The maximum atomic E-state index is 13.7. The zero-order chi connectivity index (χ0) is 21.7. The van der Waals surface area contributed by atoms with Gasteiger partial charge in [0, 0.05) is 44.1 Å². The molecule has 7 heteroatoms. The molecule has 2 aromatic carbocycles. The van der Waals surface area contributed by atoms with Crippen LogP contribution in [0.3, 0.4) is 0 Å². The number of aromatic nitrogens is 1. The second kappa shape index (κ2) is 9.49. The Balaban J connectivity index is 1.59. The smallest absolute Gasteiger partial charge is 0.264 e. The van der Waals surface area contributed by atoms with E-state index < -0.39 is 10.0 Å². The van der Waals surface area contributed by atoms with Gasteiger partial charge in [-0.2, -0.15) is 0 Å². The van der Waals surface area contributed by atoms with Gasteiger partial charge in [-0.05, 0) is 48.7 Å². The number of nitrogens with zero attached hydrogens (tertiary/aromatic N) is 3. The fourth-order valence-electron chi connectivity index (χ4n) is 4.06. The predicted octanol–water partition coefficient (Wildman–Crippen LogP) is 3.95. The van der Waals surface area contributed by atoms with E-state index in [2.05, 4.69) is 16.0 Å². The molecule has 4 rings (SSSR count). The molecule has 0 N–H and O–H groups in total. The first-order chi connectivity index (χ1) is 15.1. The molecule has 0 aliphatic carbocycles. The van der Waals surface area contributed by atoms with Crippen molar-refractivity contribution in [3.63, 3.8) is 0 Å². The van der Waals surface area contributed by atoms with Crippen LogP contribution in [-0.4, -0.2) is 44.5 Å². The number of methoxy groups -OCH3 is 1. The van der Waals surface area contributed by atoms with E-state index in [1.807, 2.05) is 36.5 Å². The van der Waals surface area contributed by atoms with Crippen molar-refractivity contribution < 1.29 is 13.2 Å². The number of rotatable bonds is 7. The molecule has 6 nitrogen and oxygen atoms in total. The Bertz CT molecular complexity index is 1080. The molecule has 0 amide bonds. The normalized spacial score (nSPS) is 15.5. The number of benzene rings is 2. The van der Waals surface area contributed by atoms with E-state index in [0.29, 0.717) is 16.3 Å². The van der Waals surface area contributed by atoms with Crippen LogP contribution in [-0.2, 0) is 16.6 Å². The monoisotopic (exact) mass is 437 g/mol. The molecule has 162 valence electrons. The standard InChI is InChI=1S/C24H27N3O3S/c1-30-23-9-5-8-22(17-23)27(31(28,29)24-10-3-2-4-11-24)21-12-15-26(16-13-21)19-20-7-6-14-25-18-20/h2-11,14,17-18,21H,12-13,15-16,19H2,1H3. The van der Waals surface area contributed by atoms with Crippen LogP contribution in [0.1, 0.15) is 18.4 Å². The Morgan fingerprint density at radius 2 is 1.81 bits per heavy atom. The van der Waals surface area contributed by atoms with E-state index in [0.717, 1.165) is 32.5 Å². The lowest BCUT2D eigenvalue weighted by molar-refractivity contribution is 0.206. The van der Waals surface area contributed by atoms with Crippen LogP contribution in [0.5, 0.6) is 5.75 Å². The van der Waals surface area contributed by atoms with Gasteiger partial charge < -0.3 is 4.74 Å². The van der Waals surface area contributed by atoms with Gasteiger partial charge in [-0.25, -0.2) is 8.42 Å². The lowest BCUT2D eigenvalue weighted by Crippen LogP contribution is -2.47. The number of anilines is 1. The first-order valence-electron chi connectivity index (χ1n) is 10.4. The van der Waals surface area contributed by atoms with Crippen LogP contribution in [0.15, 0.2) is 84.0 Å². The molecule has 1 fully saturated rings. The van der Waals surface area contributed by atoms with Crippen molar-refractivity contribution in [1.29, 1.82) is 0 Å². The lowest BCUT2D eigenvalue weighted by atomic mass is 10.0. The Hall–Kier alpha value is -2.90. The fraction of sp³-hybridized carbons (Fsp3) is 0.292. The number of pyridine rings is 1. The van der Waals surface area contributed by atoms with Gasteiger partial charge in [0.1, 0.15) is 5.75 Å². The summed E-state index contributed by atoms with van der Waals surface area (Å²) in [6.45, 7) is 2.47. The zero-order valence-electron chi connectivity index (χ0n) is 17.6. The third-order valence-electron chi connectivity index (χ3n) is 5.63. The average Bonchev–Trinajstić information content (AvgIpc) is 2.82. The van der Waals surface area contributed by atoms with E-state index in [1.54, 1.807) is 47.9 Å². The third kappa shape index (κ3) is 4.89. The SMILES string of the molecule is COc1cccc(N(C2CCN(Cc3cccnc3)CC2)S(=O)(=O)c2ccccc2)c1. The zero-order valence-corrected chi connectivity index (χ0v) is 18.4. The van der Waals surface area contributed by atoms with Crippen molar-refractivity contribution in [2.45, 2.75) is 30.3 Å². The number of hydrogen-bond donors (Lipinski definition) is 0. The summed E-state index contributed by atoms with van der Waals surface area (Å²) in [6, 6.07) is 19.8. The maximum absolute atomic E-state index is 13.7. The van der Waals surface area contributed by atoms with Crippen molar-refractivity contribution in [2.24, 2.45) is 0 Å². The van der Waals surface area contributed by atoms with Crippen molar-refractivity contribution in [3.8, 4) is 5.75 Å². The van der Waals surface area contributed by atoms with Crippen LogP contribution >= 0.6 is 0 Å². The molecular formula is C24H27N3O3S. The van der Waals surface area contributed by atoms with Crippen molar-refractivity contribution >= 4 is 15.7 Å². The van der Waals surface area contributed by atoms with E-state index in [1.165, 1.54) is 5.56 Å². The second-order valence-electron chi connectivity index (χ2n) is 7.68. The Labute approximate surface area is 184 Å². The maximum Gasteiger partial charge on any atom is 0.264 e. The molecule has 1 aromatic heterocycles. The first kappa shape index (κ1) is 21.3. The molecule has 2 heterocycles. The Morgan fingerprint density at radius 3 is 2.48 bits per heavy atom. The van der Waals surface area contributed by atoms with Gasteiger partial charge in [0.05, 0.1) is 17.7 Å². The highest BCUT2D eigenvalue weighted by atomic mass is 32.2. The molecule has 0 spiro atoms. The highest BCUT2D eigenvalue weighted by molar-refractivity contribution is 7.92. The van der Waals surface area contributed by atoms with Gasteiger partial charge in [0.2, 0.25) is 0 Å². The molecule has 3 aromatic rings. The van der Waals surface area contributed by atoms with E-state index >= 15 is 0 Å². The lowest BCUT2D eigenvalue weighted by Gasteiger charge is -2.39. The third-order valence-corrected chi connectivity index (χ3v) is 7.52. The van der Waals surface area contributed by atoms with Crippen molar-refractivity contribution in [3.05, 3.63) is 84.7 Å². The fourth-order valence-corrected chi connectivity index (χ4v) is 5.78. The predicted molar refractivity (Wildman–Crippen MR) is 122 cm³/mol. The van der Waals surface area contributed by atoms with Crippen LogP contribution in [0.4, 0.5) is 5.69 Å². The van der Waals surface area contributed by atoms with Gasteiger partial charge in [0.25, 0.3) is 10.0 Å². The second-order valence-corrected chi connectivity index (χ2v) is 9.50. The molecule has 1 aliphatic heterocycles. The summed E-state index contributed by atoms with van der Waals surface area (Å²) in [5.74, 6) is 0.639. The van der Waals surface area contributed by atoms with Crippen LogP contribution in [0, 0.1) is 0 Å². The molecule has 1 saturated heterocycles. The number of hydrogen-bond acceptors (Lipinski definition) is 5. The Kier molecular flexibility index (Phi) is 6.53. The topological polar surface area (TPSA) is 62.7 Å². The highest BCUT2D eigenvalue weighted by Crippen LogP contribution is 2.32. The van der Waals surface area contributed by atoms with Crippen LogP contribution in [0.25, 0.3) is 0 Å². The summed E-state index contributed by atoms with van der Waals surface area (Å²) in [5, 5.41) is 0. The van der Waals surface area contributed by atoms with Crippen molar-refractivity contribution in [2.75, 3.05) is 24.5 Å². The molecular weight excluding hydrogens is 410 g/mol. The quantitative estimate of drug-likeness (QED) is 0.560. The largest absolute Gasteiger partial charge is 0.497 e. The summed E-state index contributed by atoms with van der Waals surface area (Å²) in [4.78, 5) is 6.84. The van der Waals surface area contributed by atoms with Crippen LogP contribution < -0.4 is 9.04 Å². The van der Waals surface area contributed by atoms with Gasteiger partial charge in [-0.3, -0.25) is 14.2 Å². The van der Waals surface area contributed by atoms with Gasteiger partial charge >= 0.3 is 0 Å². The minimum absolute atomic E-state index is 0.123. The minimum Gasteiger partial charge on any atom is -0.497 e. The van der Waals surface area contributed by atoms with Crippen LogP contribution in [0.2, 0.25) is 0 Å². The molecule has 31 heavy (non-hydrogen) atoms. The number of likely N-dealkylation sites (tertiary alicyclic amines) is 1.